The number of guanidine groups is 1. The standard InChI is InChI=1S/C14H21N3O2/c1-18-8-7-17-13(9-16-14(17)15)12-5-3-11(4-6-12)10-19-2/h3-6,13H,7-10H2,1-2H3,(H2,15,16). The van der Waals surface area contributed by atoms with Crippen molar-refractivity contribution in [3.8, 4) is 0 Å². The smallest absolute Gasteiger partial charge is 0.192 e. The highest BCUT2D eigenvalue weighted by Crippen LogP contribution is 2.25. The van der Waals surface area contributed by atoms with E-state index >= 15 is 0 Å². The lowest BCUT2D eigenvalue weighted by molar-refractivity contribution is 0.166. The van der Waals surface area contributed by atoms with Crippen LogP contribution in [0.15, 0.2) is 29.3 Å². The molecule has 0 aromatic heterocycles. The number of benzene rings is 1. The second-order valence-electron chi connectivity index (χ2n) is 4.58. The van der Waals surface area contributed by atoms with Gasteiger partial charge in [-0.3, -0.25) is 4.99 Å². The molecule has 1 atom stereocenters. The molecule has 1 unspecified atom stereocenters. The molecule has 0 spiro atoms. The molecule has 1 heterocycles. The van der Waals surface area contributed by atoms with E-state index in [1.165, 1.54) is 11.1 Å². The van der Waals surface area contributed by atoms with Gasteiger partial charge >= 0.3 is 0 Å². The zero-order valence-electron chi connectivity index (χ0n) is 11.5. The molecule has 2 N–H and O–H groups in total. The summed E-state index contributed by atoms with van der Waals surface area (Å²) in [5.74, 6) is 0.600. The van der Waals surface area contributed by atoms with Gasteiger partial charge in [-0.15, -0.1) is 0 Å². The van der Waals surface area contributed by atoms with E-state index in [1.54, 1.807) is 14.2 Å². The maximum atomic E-state index is 5.93. The molecule has 19 heavy (non-hydrogen) atoms. The zero-order valence-corrected chi connectivity index (χ0v) is 11.5. The molecule has 0 aliphatic carbocycles. The van der Waals surface area contributed by atoms with Gasteiger partial charge in [0.2, 0.25) is 0 Å². The van der Waals surface area contributed by atoms with Crippen LogP contribution in [0.4, 0.5) is 0 Å². The van der Waals surface area contributed by atoms with E-state index in [9.17, 15) is 0 Å². The van der Waals surface area contributed by atoms with Crippen LogP contribution in [0, 0.1) is 0 Å². The number of ether oxygens (including phenoxy) is 2. The molecule has 2 rings (SSSR count). The first-order valence-electron chi connectivity index (χ1n) is 6.39. The van der Waals surface area contributed by atoms with Gasteiger partial charge < -0.3 is 20.1 Å². The minimum absolute atomic E-state index is 0.215. The molecule has 1 aliphatic rings. The Morgan fingerprint density at radius 3 is 2.63 bits per heavy atom. The summed E-state index contributed by atoms with van der Waals surface area (Å²) in [5.41, 5.74) is 8.32. The number of aliphatic imine (C=N–C) groups is 1. The minimum Gasteiger partial charge on any atom is -0.383 e. The maximum Gasteiger partial charge on any atom is 0.192 e. The van der Waals surface area contributed by atoms with Gasteiger partial charge in [0, 0.05) is 20.8 Å². The first kappa shape index (κ1) is 13.8. The van der Waals surface area contributed by atoms with Crippen molar-refractivity contribution in [1.29, 1.82) is 0 Å². The topological polar surface area (TPSA) is 60.1 Å². The Labute approximate surface area is 114 Å². The first-order valence-corrected chi connectivity index (χ1v) is 6.39. The molecule has 1 aromatic rings. The summed E-state index contributed by atoms with van der Waals surface area (Å²) in [6.45, 7) is 2.75. The number of nitrogens with zero attached hydrogens (tertiary/aromatic N) is 2. The van der Waals surface area contributed by atoms with Gasteiger partial charge in [-0.25, -0.2) is 0 Å². The summed E-state index contributed by atoms with van der Waals surface area (Å²) in [7, 11) is 3.39. The molecule has 0 amide bonds. The summed E-state index contributed by atoms with van der Waals surface area (Å²) in [5, 5.41) is 0. The Kier molecular flexibility index (Phi) is 4.76. The maximum absolute atomic E-state index is 5.93. The van der Waals surface area contributed by atoms with Crippen molar-refractivity contribution in [3.63, 3.8) is 0 Å². The number of nitrogens with two attached hydrogens (primary N) is 1. The molecule has 0 saturated carbocycles. The van der Waals surface area contributed by atoms with Crippen LogP contribution in [0.25, 0.3) is 0 Å². The van der Waals surface area contributed by atoms with Crippen molar-refractivity contribution in [1.82, 2.24) is 4.90 Å². The second-order valence-corrected chi connectivity index (χ2v) is 4.58. The summed E-state index contributed by atoms with van der Waals surface area (Å²) >= 11 is 0. The first-order chi connectivity index (χ1) is 9.26. The monoisotopic (exact) mass is 263 g/mol. The quantitative estimate of drug-likeness (QED) is 0.836. The predicted octanol–water partition coefficient (Wildman–Crippen LogP) is 1.15. The highest BCUT2D eigenvalue weighted by Gasteiger charge is 2.26. The third kappa shape index (κ3) is 3.24. The van der Waals surface area contributed by atoms with Gasteiger partial charge in [0.25, 0.3) is 0 Å². The summed E-state index contributed by atoms with van der Waals surface area (Å²) in [6.07, 6.45) is 0. The van der Waals surface area contributed by atoms with Gasteiger partial charge in [-0.1, -0.05) is 24.3 Å². The lowest BCUT2D eigenvalue weighted by atomic mass is 10.0. The number of rotatable bonds is 6. The average Bonchev–Trinajstić information content (AvgIpc) is 2.79. The Bertz CT molecular complexity index is 431. The summed E-state index contributed by atoms with van der Waals surface area (Å²) in [4.78, 5) is 6.42. The molecular formula is C14H21N3O2. The van der Waals surface area contributed by atoms with Crippen LogP contribution < -0.4 is 5.73 Å². The Balaban J connectivity index is 2.07. The van der Waals surface area contributed by atoms with Crippen molar-refractivity contribution in [2.24, 2.45) is 10.7 Å². The third-order valence-corrected chi connectivity index (χ3v) is 3.31. The van der Waals surface area contributed by atoms with Crippen molar-refractivity contribution in [2.75, 3.05) is 33.9 Å². The Hall–Kier alpha value is -1.59. The lowest BCUT2D eigenvalue weighted by Gasteiger charge is -2.26. The Morgan fingerprint density at radius 2 is 2.00 bits per heavy atom. The van der Waals surface area contributed by atoms with Crippen molar-refractivity contribution < 1.29 is 9.47 Å². The number of methoxy groups -OCH3 is 2. The number of hydrogen-bond donors (Lipinski definition) is 1. The molecule has 0 bridgehead atoms. The predicted molar refractivity (Wildman–Crippen MR) is 75.0 cm³/mol. The average molecular weight is 263 g/mol. The van der Waals surface area contributed by atoms with Crippen molar-refractivity contribution >= 4 is 5.96 Å². The molecule has 5 heteroatoms. The van der Waals surface area contributed by atoms with Crippen LogP contribution in [0.1, 0.15) is 17.2 Å². The van der Waals surface area contributed by atoms with E-state index in [-0.39, 0.29) is 6.04 Å². The molecular weight excluding hydrogens is 242 g/mol. The van der Waals surface area contributed by atoms with Gasteiger partial charge in [-0.2, -0.15) is 0 Å². The zero-order chi connectivity index (χ0) is 13.7. The van der Waals surface area contributed by atoms with Crippen LogP contribution in [0.5, 0.6) is 0 Å². The minimum atomic E-state index is 0.215. The molecule has 1 aliphatic heterocycles. The fourth-order valence-electron chi connectivity index (χ4n) is 2.28. The highest BCUT2D eigenvalue weighted by atomic mass is 16.5. The molecule has 0 fully saturated rings. The fourth-order valence-corrected chi connectivity index (χ4v) is 2.28. The SMILES string of the molecule is COCCN1C(N)=NCC1c1ccc(COC)cc1. The van der Waals surface area contributed by atoms with Crippen LogP contribution in [-0.2, 0) is 16.1 Å². The second kappa shape index (κ2) is 6.54. The van der Waals surface area contributed by atoms with Gasteiger partial charge in [0.1, 0.15) is 0 Å². The van der Waals surface area contributed by atoms with Crippen molar-refractivity contribution in [3.05, 3.63) is 35.4 Å². The number of hydrogen-bond acceptors (Lipinski definition) is 5. The van der Waals surface area contributed by atoms with E-state index in [0.29, 0.717) is 25.7 Å². The normalized spacial score (nSPS) is 18.7. The van der Waals surface area contributed by atoms with E-state index in [4.69, 9.17) is 15.2 Å². The van der Waals surface area contributed by atoms with Gasteiger partial charge in [-0.05, 0) is 11.1 Å². The van der Waals surface area contributed by atoms with Gasteiger partial charge in [0.15, 0.2) is 5.96 Å². The molecule has 1 aromatic carbocycles. The van der Waals surface area contributed by atoms with E-state index in [1.807, 2.05) is 0 Å². The van der Waals surface area contributed by atoms with Crippen LogP contribution in [-0.4, -0.2) is 44.8 Å². The van der Waals surface area contributed by atoms with E-state index < -0.39 is 0 Å². The van der Waals surface area contributed by atoms with Crippen LogP contribution >= 0.6 is 0 Å². The lowest BCUT2D eigenvalue weighted by Crippen LogP contribution is -2.38. The van der Waals surface area contributed by atoms with E-state index in [0.717, 1.165) is 6.54 Å². The largest absolute Gasteiger partial charge is 0.383 e. The molecule has 0 radical (unpaired) electrons. The highest BCUT2D eigenvalue weighted by molar-refractivity contribution is 5.80. The molecule has 104 valence electrons. The Morgan fingerprint density at radius 1 is 1.26 bits per heavy atom. The molecule has 5 nitrogen and oxygen atoms in total. The van der Waals surface area contributed by atoms with E-state index in [2.05, 4.69) is 34.2 Å². The molecule has 0 saturated heterocycles. The fraction of sp³-hybridized carbons (Fsp3) is 0.500. The summed E-state index contributed by atoms with van der Waals surface area (Å²) in [6, 6.07) is 8.62. The summed E-state index contributed by atoms with van der Waals surface area (Å²) < 4.78 is 10.2. The van der Waals surface area contributed by atoms with Crippen LogP contribution in [0.3, 0.4) is 0 Å². The third-order valence-electron chi connectivity index (χ3n) is 3.31. The van der Waals surface area contributed by atoms with Crippen molar-refractivity contribution in [2.45, 2.75) is 12.6 Å². The van der Waals surface area contributed by atoms with Crippen LogP contribution in [0.2, 0.25) is 0 Å². The van der Waals surface area contributed by atoms with Gasteiger partial charge in [0.05, 0.1) is 25.8 Å².